The molecule has 0 bridgehead atoms. The SMILES string of the molecule is CCCCCN(CCCOC)C(=O)Cn1cc(C#N)c(=O)[nH]c1=O. The first-order chi connectivity index (χ1) is 11.5. The number of unbranched alkanes of at least 4 members (excludes halogenated alkanes) is 2. The predicted octanol–water partition coefficient (Wildman–Crippen LogP) is 0.464. The molecule has 1 amide bonds. The highest BCUT2D eigenvalue weighted by Gasteiger charge is 2.15. The highest BCUT2D eigenvalue weighted by Crippen LogP contribution is 2.02. The van der Waals surface area contributed by atoms with Crippen molar-refractivity contribution in [2.45, 2.75) is 39.2 Å². The molecule has 0 spiro atoms. The van der Waals surface area contributed by atoms with Crippen molar-refractivity contribution in [2.75, 3.05) is 26.8 Å². The fourth-order valence-electron chi connectivity index (χ4n) is 2.27. The largest absolute Gasteiger partial charge is 0.385 e. The van der Waals surface area contributed by atoms with Gasteiger partial charge in [0.1, 0.15) is 18.2 Å². The van der Waals surface area contributed by atoms with E-state index in [0.29, 0.717) is 26.1 Å². The van der Waals surface area contributed by atoms with Crippen LogP contribution in [0.3, 0.4) is 0 Å². The Kier molecular flexibility index (Phi) is 8.50. The van der Waals surface area contributed by atoms with E-state index in [1.807, 2.05) is 4.98 Å². The molecule has 0 atom stereocenters. The van der Waals surface area contributed by atoms with Crippen LogP contribution in [0.5, 0.6) is 0 Å². The van der Waals surface area contributed by atoms with Crippen LogP contribution in [0.2, 0.25) is 0 Å². The molecule has 0 aliphatic heterocycles. The quantitative estimate of drug-likeness (QED) is 0.625. The van der Waals surface area contributed by atoms with E-state index < -0.39 is 11.2 Å². The summed E-state index contributed by atoms with van der Waals surface area (Å²) in [5, 5.41) is 8.87. The number of carbonyl (C=O) groups excluding carboxylic acids is 1. The summed E-state index contributed by atoms with van der Waals surface area (Å²) in [6, 6.07) is 1.70. The zero-order chi connectivity index (χ0) is 17.9. The third-order valence-corrected chi connectivity index (χ3v) is 3.60. The van der Waals surface area contributed by atoms with Crippen molar-refractivity contribution < 1.29 is 9.53 Å². The number of nitriles is 1. The number of hydrogen-bond acceptors (Lipinski definition) is 5. The van der Waals surface area contributed by atoms with Gasteiger partial charge >= 0.3 is 5.69 Å². The van der Waals surface area contributed by atoms with E-state index in [1.165, 1.54) is 0 Å². The smallest absolute Gasteiger partial charge is 0.328 e. The van der Waals surface area contributed by atoms with Crippen LogP contribution >= 0.6 is 0 Å². The molecule has 0 saturated carbocycles. The summed E-state index contributed by atoms with van der Waals surface area (Å²) < 4.78 is 6.07. The maximum Gasteiger partial charge on any atom is 0.328 e. The maximum atomic E-state index is 12.5. The minimum absolute atomic E-state index is 0.195. The average molecular weight is 336 g/mol. The Bertz CT molecular complexity index is 677. The molecule has 24 heavy (non-hydrogen) atoms. The van der Waals surface area contributed by atoms with Crippen LogP contribution in [-0.4, -0.2) is 47.2 Å². The lowest BCUT2D eigenvalue weighted by Gasteiger charge is -2.23. The molecule has 0 fully saturated rings. The van der Waals surface area contributed by atoms with Gasteiger partial charge in [-0.3, -0.25) is 19.1 Å². The van der Waals surface area contributed by atoms with Crippen LogP contribution in [0.4, 0.5) is 0 Å². The van der Waals surface area contributed by atoms with E-state index in [1.54, 1.807) is 18.1 Å². The molecule has 0 aromatic carbocycles. The minimum Gasteiger partial charge on any atom is -0.385 e. The molecule has 0 aliphatic rings. The molecule has 0 unspecified atom stereocenters. The monoisotopic (exact) mass is 336 g/mol. The zero-order valence-electron chi connectivity index (χ0n) is 14.2. The van der Waals surface area contributed by atoms with Gasteiger partial charge in [0.05, 0.1) is 0 Å². The Balaban J connectivity index is 2.84. The first-order valence-electron chi connectivity index (χ1n) is 8.04. The van der Waals surface area contributed by atoms with E-state index in [2.05, 4.69) is 6.92 Å². The van der Waals surface area contributed by atoms with Gasteiger partial charge in [-0.2, -0.15) is 5.26 Å². The molecular weight excluding hydrogens is 312 g/mol. The van der Waals surface area contributed by atoms with Crippen LogP contribution < -0.4 is 11.2 Å². The molecule has 1 heterocycles. The van der Waals surface area contributed by atoms with Gasteiger partial charge in [0.15, 0.2) is 0 Å². The number of nitrogens with zero attached hydrogens (tertiary/aromatic N) is 3. The third kappa shape index (κ3) is 6.01. The van der Waals surface area contributed by atoms with Crippen molar-refractivity contribution >= 4 is 5.91 Å². The van der Waals surface area contributed by atoms with E-state index in [-0.39, 0.29) is 18.0 Å². The van der Waals surface area contributed by atoms with Crippen LogP contribution in [-0.2, 0) is 16.1 Å². The normalized spacial score (nSPS) is 10.4. The van der Waals surface area contributed by atoms with Crippen molar-refractivity contribution in [3.05, 3.63) is 32.6 Å². The average Bonchev–Trinajstić information content (AvgIpc) is 2.56. The van der Waals surface area contributed by atoms with Gasteiger partial charge < -0.3 is 9.64 Å². The first-order valence-corrected chi connectivity index (χ1v) is 8.04. The molecule has 8 heteroatoms. The summed E-state index contributed by atoms with van der Waals surface area (Å²) in [5.41, 5.74) is -1.64. The molecule has 132 valence electrons. The predicted molar refractivity (Wildman–Crippen MR) is 88.6 cm³/mol. The second-order valence-electron chi connectivity index (χ2n) is 5.48. The lowest BCUT2D eigenvalue weighted by Crippen LogP contribution is -2.40. The number of amides is 1. The minimum atomic E-state index is -0.744. The van der Waals surface area contributed by atoms with Crippen molar-refractivity contribution in [1.82, 2.24) is 14.5 Å². The molecule has 0 saturated heterocycles. The van der Waals surface area contributed by atoms with Crippen molar-refractivity contribution in [1.29, 1.82) is 5.26 Å². The van der Waals surface area contributed by atoms with Crippen LogP contribution in [0.15, 0.2) is 15.8 Å². The number of rotatable bonds is 10. The van der Waals surface area contributed by atoms with Gasteiger partial charge in [0.2, 0.25) is 5.91 Å². The van der Waals surface area contributed by atoms with Crippen molar-refractivity contribution in [3.63, 3.8) is 0 Å². The van der Waals surface area contributed by atoms with Gasteiger partial charge in [-0.25, -0.2) is 4.79 Å². The summed E-state index contributed by atoms with van der Waals surface area (Å²) in [4.78, 5) is 39.4. The highest BCUT2D eigenvalue weighted by atomic mass is 16.5. The highest BCUT2D eigenvalue weighted by molar-refractivity contribution is 5.76. The Morgan fingerprint density at radius 1 is 1.33 bits per heavy atom. The lowest BCUT2D eigenvalue weighted by molar-refractivity contribution is -0.132. The number of ether oxygens (including phenoxy) is 1. The molecule has 0 radical (unpaired) electrons. The van der Waals surface area contributed by atoms with E-state index in [4.69, 9.17) is 10.00 Å². The summed E-state index contributed by atoms with van der Waals surface area (Å²) >= 11 is 0. The number of hydrogen-bond donors (Lipinski definition) is 1. The molecule has 0 aliphatic carbocycles. The van der Waals surface area contributed by atoms with Crippen LogP contribution in [0.1, 0.15) is 38.2 Å². The molecule has 1 aromatic heterocycles. The standard InChI is InChI=1S/C16H24N4O4/c1-3-4-5-7-19(8-6-9-24-2)14(21)12-20-11-13(10-17)15(22)18-16(20)23/h11H,3-9,12H2,1-2H3,(H,18,22,23). The molecule has 1 N–H and O–H groups in total. The summed E-state index contributed by atoms with van der Waals surface area (Å²) in [7, 11) is 1.60. The fourth-order valence-corrected chi connectivity index (χ4v) is 2.27. The number of aromatic amines is 1. The second-order valence-corrected chi connectivity index (χ2v) is 5.48. The molecule has 1 rings (SSSR count). The lowest BCUT2D eigenvalue weighted by atomic mass is 10.2. The topological polar surface area (TPSA) is 108 Å². The van der Waals surface area contributed by atoms with Gasteiger partial charge in [0, 0.05) is 33.0 Å². The zero-order valence-corrected chi connectivity index (χ0v) is 14.2. The van der Waals surface area contributed by atoms with E-state index in [0.717, 1.165) is 30.0 Å². The number of H-pyrrole nitrogens is 1. The van der Waals surface area contributed by atoms with Crippen LogP contribution in [0.25, 0.3) is 0 Å². The number of nitrogens with one attached hydrogen (secondary N) is 1. The van der Waals surface area contributed by atoms with Gasteiger partial charge in [-0.15, -0.1) is 0 Å². The van der Waals surface area contributed by atoms with E-state index >= 15 is 0 Å². The molecule has 1 aromatic rings. The Morgan fingerprint density at radius 2 is 2.04 bits per heavy atom. The Morgan fingerprint density at radius 3 is 2.67 bits per heavy atom. The number of aromatic nitrogens is 2. The summed E-state index contributed by atoms with van der Waals surface area (Å²) in [5.74, 6) is -0.222. The van der Waals surface area contributed by atoms with Crippen molar-refractivity contribution in [2.24, 2.45) is 0 Å². The van der Waals surface area contributed by atoms with Crippen LogP contribution in [0, 0.1) is 11.3 Å². The molecule has 8 nitrogen and oxygen atoms in total. The Hall–Kier alpha value is -2.40. The number of methoxy groups -OCH3 is 1. The second kappa shape index (κ2) is 10.4. The van der Waals surface area contributed by atoms with Crippen molar-refractivity contribution in [3.8, 4) is 6.07 Å². The first kappa shape index (κ1) is 19.6. The molecular formula is C16H24N4O4. The maximum absolute atomic E-state index is 12.5. The summed E-state index contributed by atoms with van der Waals surface area (Å²) in [6.45, 7) is 3.58. The third-order valence-electron chi connectivity index (χ3n) is 3.60. The Labute approximate surface area is 140 Å². The van der Waals surface area contributed by atoms with Gasteiger partial charge in [-0.05, 0) is 12.8 Å². The van der Waals surface area contributed by atoms with E-state index in [9.17, 15) is 14.4 Å². The number of carbonyl (C=O) groups is 1. The summed E-state index contributed by atoms with van der Waals surface area (Å²) in [6.07, 6.45) is 4.78. The fraction of sp³-hybridized carbons (Fsp3) is 0.625. The van der Waals surface area contributed by atoms with Gasteiger partial charge in [0.25, 0.3) is 5.56 Å². The van der Waals surface area contributed by atoms with Gasteiger partial charge in [-0.1, -0.05) is 19.8 Å².